The number of hydrogen-bond donors (Lipinski definition) is 0. The maximum atomic E-state index is 11.5. The summed E-state index contributed by atoms with van der Waals surface area (Å²) in [5, 5.41) is 1.04. The number of halogens is 1. The molecule has 0 aromatic carbocycles. The summed E-state index contributed by atoms with van der Waals surface area (Å²) in [5.41, 5.74) is 0. The van der Waals surface area contributed by atoms with E-state index in [-0.39, 0.29) is 5.97 Å². The van der Waals surface area contributed by atoms with Gasteiger partial charge in [0.15, 0.2) is 0 Å². The molecule has 0 spiro atoms. The van der Waals surface area contributed by atoms with Gasteiger partial charge in [0.1, 0.15) is 0 Å². The third kappa shape index (κ3) is 18.3. The second-order valence-corrected chi connectivity index (χ2v) is 7.83. The third-order valence-corrected chi connectivity index (χ3v) is 5.26. The van der Waals surface area contributed by atoms with Gasteiger partial charge >= 0.3 is 5.97 Å². The second-order valence-electron chi connectivity index (χ2n) is 5.81. The quantitative estimate of drug-likeness (QED) is 0.163. The van der Waals surface area contributed by atoms with E-state index in [1.54, 1.807) is 0 Å². The highest BCUT2D eigenvalue weighted by atomic mass is 79.9. The Balaban J connectivity index is 3.10. The highest BCUT2D eigenvalue weighted by molar-refractivity contribution is 9.09. The largest absolute Gasteiger partial charge is 0.466 e. The Bertz CT molecular complexity index is 237. The lowest BCUT2D eigenvalue weighted by atomic mass is 10.1. The van der Waals surface area contributed by atoms with E-state index in [4.69, 9.17) is 4.74 Å². The van der Waals surface area contributed by atoms with Gasteiger partial charge in [-0.05, 0) is 31.4 Å². The van der Waals surface area contributed by atoms with Gasteiger partial charge in [0.05, 0.1) is 13.0 Å². The Morgan fingerprint density at radius 1 is 0.864 bits per heavy atom. The topological polar surface area (TPSA) is 26.3 Å². The molecule has 0 fully saturated rings. The lowest BCUT2D eigenvalue weighted by Crippen LogP contribution is -2.07. The van der Waals surface area contributed by atoms with Crippen LogP contribution >= 0.6 is 27.7 Å². The van der Waals surface area contributed by atoms with E-state index in [1.165, 1.54) is 57.1 Å². The molecule has 0 rings (SSSR count). The molecule has 0 aliphatic heterocycles. The van der Waals surface area contributed by atoms with Crippen LogP contribution in [0.15, 0.2) is 0 Å². The van der Waals surface area contributed by atoms with E-state index < -0.39 is 0 Å². The van der Waals surface area contributed by atoms with Gasteiger partial charge in [0, 0.05) is 11.1 Å². The minimum absolute atomic E-state index is 0.0257. The van der Waals surface area contributed by atoms with E-state index in [0.717, 1.165) is 30.3 Å². The van der Waals surface area contributed by atoms with Crippen molar-refractivity contribution in [3.63, 3.8) is 0 Å². The molecule has 22 heavy (non-hydrogen) atoms. The van der Waals surface area contributed by atoms with Crippen molar-refractivity contribution in [1.29, 1.82) is 0 Å². The summed E-state index contributed by atoms with van der Waals surface area (Å²) in [4.78, 5) is 11.5. The standard InChI is InChI=1S/C18H35BrO2S/c1-2-3-4-5-6-7-8-12-16-22-17-13-18(20)21-15-11-9-10-14-19/h2-17H2,1H3. The molecule has 0 aliphatic rings. The van der Waals surface area contributed by atoms with Crippen molar-refractivity contribution in [2.24, 2.45) is 0 Å². The summed E-state index contributed by atoms with van der Waals surface area (Å²) in [7, 11) is 0. The first-order valence-corrected chi connectivity index (χ1v) is 11.4. The van der Waals surface area contributed by atoms with Crippen LogP contribution in [0.5, 0.6) is 0 Å². The van der Waals surface area contributed by atoms with E-state index in [0.29, 0.717) is 13.0 Å². The zero-order valence-corrected chi connectivity index (χ0v) is 16.8. The lowest BCUT2D eigenvalue weighted by molar-refractivity contribution is -0.143. The summed E-state index contributed by atoms with van der Waals surface area (Å²) in [6, 6.07) is 0. The molecule has 0 amide bonds. The van der Waals surface area contributed by atoms with Gasteiger partial charge < -0.3 is 4.74 Å². The Hall–Kier alpha value is 0.300. The van der Waals surface area contributed by atoms with Crippen LogP contribution in [0.2, 0.25) is 0 Å². The van der Waals surface area contributed by atoms with Crippen molar-refractivity contribution in [1.82, 2.24) is 0 Å². The summed E-state index contributed by atoms with van der Waals surface area (Å²) in [6.07, 6.45) is 14.8. The molecule has 0 unspecified atom stereocenters. The van der Waals surface area contributed by atoms with Gasteiger partial charge in [-0.15, -0.1) is 0 Å². The number of ether oxygens (including phenoxy) is 1. The van der Waals surface area contributed by atoms with Gasteiger partial charge in [-0.1, -0.05) is 67.8 Å². The number of carbonyl (C=O) groups is 1. The van der Waals surface area contributed by atoms with Crippen molar-refractivity contribution >= 4 is 33.7 Å². The van der Waals surface area contributed by atoms with E-state index in [9.17, 15) is 4.79 Å². The predicted molar refractivity (Wildman–Crippen MR) is 103 cm³/mol. The fourth-order valence-corrected chi connectivity index (χ4v) is 3.55. The maximum absolute atomic E-state index is 11.5. The molecule has 0 bridgehead atoms. The molecule has 0 heterocycles. The number of esters is 1. The van der Waals surface area contributed by atoms with Crippen molar-refractivity contribution in [2.75, 3.05) is 23.4 Å². The zero-order chi connectivity index (χ0) is 16.3. The molecule has 0 N–H and O–H groups in total. The molecule has 0 saturated carbocycles. The Morgan fingerprint density at radius 2 is 1.50 bits per heavy atom. The van der Waals surface area contributed by atoms with Crippen LogP contribution in [0, 0.1) is 0 Å². The first kappa shape index (κ1) is 22.3. The van der Waals surface area contributed by atoms with Crippen LogP contribution in [-0.2, 0) is 9.53 Å². The van der Waals surface area contributed by atoms with Crippen molar-refractivity contribution in [3.05, 3.63) is 0 Å². The van der Waals surface area contributed by atoms with Crippen LogP contribution in [-0.4, -0.2) is 29.4 Å². The van der Waals surface area contributed by atoms with Gasteiger partial charge in [0.2, 0.25) is 0 Å². The van der Waals surface area contributed by atoms with Gasteiger partial charge in [-0.25, -0.2) is 0 Å². The molecule has 2 nitrogen and oxygen atoms in total. The number of unbranched alkanes of at least 4 members (excludes halogenated alkanes) is 9. The first-order valence-electron chi connectivity index (χ1n) is 9.10. The first-order chi connectivity index (χ1) is 10.8. The van der Waals surface area contributed by atoms with Crippen molar-refractivity contribution in [2.45, 2.75) is 84.0 Å². The van der Waals surface area contributed by atoms with Gasteiger partial charge in [0.25, 0.3) is 0 Å². The Labute approximate surface area is 150 Å². The molecule has 0 aromatic heterocycles. The minimum Gasteiger partial charge on any atom is -0.466 e. The molecular weight excluding hydrogens is 360 g/mol. The number of rotatable bonds is 17. The van der Waals surface area contributed by atoms with Gasteiger partial charge in [-0.3, -0.25) is 4.79 Å². The molecule has 0 radical (unpaired) electrons. The second kappa shape index (κ2) is 19.3. The van der Waals surface area contributed by atoms with E-state index in [2.05, 4.69) is 22.9 Å². The van der Waals surface area contributed by atoms with Crippen LogP contribution in [0.1, 0.15) is 84.0 Å². The number of alkyl halides is 1. The highest BCUT2D eigenvalue weighted by Crippen LogP contribution is 2.12. The van der Waals surface area contributed by atoms with Crippen molar-refractivity contribution in [3.8, 4) is 0 Å². The SMILES string of the molecule is CCCCCCCCCCSCCC(=O)OCCCCCBr. The highest BCUT2D eigenvalue weighted by Gasteiger charge is 2.02. The molecule has 4 heteroatoms. The minimum atomic E-state index is -0.0257. The monoisotopic (exact) mass is 394 g/mol. The van der Waals surface area contributed by atoms with Crippen LogP contribution < -0.4 is 0 Å². The summed E-state index contributed by atoms with van der Waals surface area (Å²) in [6.45, 7) is 2.85. The average Bonchev–Trinajstić information content (AvgIpc) is 2.52. The van der Waals surface area contributed by atoms with Crippen molar-refractivity contribution < 1.29 is 9.53 Å². The zero-order valence-electron chi connectivity index (χ0n) is 14.4. The van der Waals surface area contributed by atoms with Crippen LogP contribution in [0.25, 0.3) is 0 Å². The average molecular weight is 395 g/mol. The number of thioether (sulfide) groups is 1. The van der Waals surface area contributed by atoms with Crippen LogP contribution in [0.3, 0.4) is 0 Å². The molecule has 0 aromatic rings. The predicted octanol–water partition coefficient (Wildman–Crippen LogP) is 6.36. The number of carbonyl (C=O) groups excluding carboxylic acids is 1. The Morgan fingerprint density at radius 3 is 2.18 bits per heavy atom. The fourth-order valence-electron chi connectivity index (χ4n) is 2.23. The Kier molecular flexibility index (Phi) is 19.6. The van der Waals surface area contributed by atoms with Gasteiger partial charge in [-0.2, -0.15) is 11.8 Å². The summed E-state index contributed by atoms with van der Waals surface area (Å²) >= 11 is 5.29. The number of hydrogen-bond acceptors (Lipinski definition) is 3. The molecule has 132 valence electrons. The smallest absolute Gasteiger partial charge is 0.306 e. The maximum Gasteiger partial charge on any atom is 0.306 e. The molecular formula is C18H35BrO2S. The molecule has 0 saturated heterocycles. The molecule has 0 atom stereocenters. The van der Waals surface area contributed by atoms with E-state index >= 15 is 0 Å². The fraction of sp³-hybridized carbons (Fsp3) is 0.944. The lowest BCUT2D eigenvalue weighted by Gasteiger charge is -2.05. The summed E-state index contributed by atoms with van der Waals surface area (Å²) < 4.78 is 5.21. The summed E-state index contributed by atoms with van der Waals surface area (Å²) in [5.74, 6) is 2.08. The van der Waals surface area contributed by atoms with Crippen LogP contribution in [0.4, 0.5) is 0 Å². The normalized spacial score (nSPS) is 10.8. The van der Waals surface area contributed by atoms with E-state index in [1.807, 2.05) is 11.8 Å². The third-order valence-electron chi connectivity index (χ3n) is 3.63. The molecule has 0 aliphatic carbocycles.